The summed E-state index contributed by atoms with van der Waals surface area (Å²) >= 11 is 0. The van der Waals surface area contributed by atoms with Crippen molar-refractivity contribution in [3.05, 3.63) is 52.5 Å². The lowest BCUT2D eigenvalue weighted by atomic mass is 10.4. The Labute approximate surface area is 116 Å². The molecule has 21 heavy (non-hydrogen) atoms. The van der Waals surface area contributed by atoms with Gasteiger partial charge in [0.15, 0.2) is 6.20 Å². The average molecular weight is 316 g/mol. The molecule has 0 saturated heterocycles. The molecule has 2 rings (SSSR count). The van der Waals surface area contributed by atoms with Crippen molar-refractivity contribution in [3.63, 3.8) is 0 Å². The Morgan fingerprint density at radius 2 is 1.90 bits per heavy atom. The highest BCUT2D eigenvalue weighted by Gasteiger charge is 2.20. The van der Waals surface area contributed by atoms with Crippen LogP contribution in [0.5, 0.6) is 0 Å². The van der Waals surface area contributed by atoms with Gasteiger partial charge in [-0.1, -0.05) is 0 Å². The lowest BCUT2D eigenvalue weighted by molar-refractivity contribution is -0.389. The molecule has 11 heteroatoms. The van der Waals surface area contributed by atoms with Crippen LogP contribution in [0.15, 0.2) is 35.4 Å². The first-order valence-electron chi connectivity index (χ1n) is 5.25. The summed E-state index contributed by atoms with van der Waals surface area (Å²) < 4.78 is 51.6. The molecule has 0 radical (unpaired) electrons. The van der Waals surface area contributed by atoms with Gasteiger partial charge in [-0.25, -0.2) is 8.42 Å². The Morgan fingerprint density at radius 3 is 2.43 bits per heavy atom. The highest BCUT2D eigenvalue weighted by atomic mass is 32.2. The smallest absolute Gasteiger partial charge is 0.358 e. The Hall–Kier alpha value is -2.69. The van der Waals surface area contributed by atoms with E-state index in [4.69, 9.17) is 0 Å². The molecule has 2 aromatic heterocycles. The standard InChI is InChI=1S/C10H6F2N4O4S/c11-8-3-2-7(10(12)14-8)15-21(19,20)6-1-4-9(13-5-6)16(17)18/h1-5,15H. The highest BCUT2D eigenvalue weighted by molar-refractivity contribution is 7.92. The second-order valence-corrected chi connectivity index (χ2v) is 5.37. The quantitative estimate of drug-likeness (QED) is 0.519. The van der Waals surface area contributed by atoms with E-state index in [9.17, 15) is 27.3 Å². The van der Waals surface area contributed by atoms with Crippen LogP contribution >= 0.6 is 0 Å². The summed E-state index contributed by atoms with van der Waals surface area (Å²) in [7, 11) is -4.23. The first kappa shape index (κ1) is 14.7. The summed E-state index contributed by atoms with van der Waals surface area (Å²) in [6, 6.07) is 3.44. The van der Waals surface area contributed by atoms with Crippen molar-refractivity contribution in [1.82, 2.24) is 9.97 Å². The molecule has 110 valence electrons. The molecule has 2 aromatic rings. The van der Waals surface area contributed by atoms with Gasteiger partial charge in [0.2, 0.25) is 11.9 Å². The largest absolute Gasteiger partial charge is 0.363 e. The minimum absolute atomic E-state index is 0.420. The molecule has 0 aliphatic heterocycles. The summed E-state index contributed by atoms with van der Waals surface area (Å²) in [6.45, 7) is 0. The zero-order valence-corrected chi connectivity index (χ0v) is 10.8. The summed E-state index contributed by atoms with van der Waals surface area (Å²) in [5.41, 5.74) is -0.560. The number of hydrogen-bond acceptors (Lipinski definition) is 6. The molecule has 0 atom stereocenters. The summed E-state index contributed by atoms with van der Waals surface area (Å²) in [6.07, 6.45) is 0.745. The van der Waals surface area contributed by atoms with Crippen LogP contribution < -0.4 is 4.72 Å². The third kappa shape index (κ3) is 3.25. The van der Waals surface area contributed by atoms with Gasteiger partial charge < -0.3 is 10.1 Å². The number of nitrogens with one attached hydrogen (secondary N) is 1. The Morgan fingerprint density at radius 1 is 1.19 bits per heavy atom. The van der Waals surface area contributed by atoms with Crippen molar-refractivity contribution in [2.24, 2.45) is 0 Å². The monoisotopic (exact) mass is 316 g/mol. The van der Waals surface area contributed by atoms with Gasteiger partial charge in [0.1, 0.15) is 10.6 Å². The number of nitro groups is 1. The first-order chi connectivity index (χ1) is 9.79. The van der Waals surface area contributed by atoms with Crippen molar-refractivity contribution in [3.8, 4) is 0 Å². The fraction of sp³-hybridized carbons (Fsp3) is 0. The average Bonchev–Trinajstić information content (AvgIpc) is 2.42. The van der Waals surface area contributed by atoms with E-state index in [0.717, 1.165) is 30.5 Å². The number of sulfonamides is 1. The van der Waals surface area contributed by atoms with E-state index in [-0.39, 0.29) is 0 Å². The zero-order valence-electron chi connectivity index (χ0n) is 10.0. The fourth-order valence-electron chi connectivity index (χ4n) is 1.33. The van der Waals surface area contributed by atoms with Gasteiger partial charge in [-0.15, -0.1) is 0 Å². The van der Waals surface area contributed by atoms with Crippen molar-refractivity contribution in [1.29, 1.82) is 0 Å². The minimum atomic E-state index is -4.23. The van der Waals surface area contributed by atoms with E-state index in [1.807, 2.05) is 4.72 Å². The molecule has 0 aromatic carbocycles. The molecule has 0 aliphatic carbocycles. The molecule has 0 bridgehead atoms. The van der Waals surface area contributed by atoms with Gasteiger partial charge in [0.25, 0.3) is 10.0 Å². The van der Waals surface area contributed by atoms with Crippen LogP contribution in [0.4, 0.5) is 20.3 Å². The fourth-order valence-corrected chi connectivity index (χ4v) is 2.33. The lowest BCUT2D eigenvalue weighted by Gasteiger charge is -2.07. The third-order valence-corrected chi connectivity index (χ3v) is 3.63. The lowest BCUT2D eigenvalue weighted by Crippen LogP contribution is -2.15. The van der Waals surface area contributed by atoms with Crippen molar-refractivity contribution >= 4 is 21.5 Å². The van der Waals surface area contributed by atoms with E-state index in [2.05, 4.69) is 9.97 Å². The summed E-state index contributed by atoms with van der Waals surface area (Å²) in [5.74, 6) is -2.98. The Bertz CT molecular complexity index is 795. The van der Waals surface area contributed by atoms with Gasteiger partial charge in [0.05, 0.1) is 0 Å². The van der Waals surface area contributed by atoms with Crippen LogP contribution in [0.3, 0.4) is 0 Å². The van der Waals surface area contributed by atoms with Gasteiger partial charge in [-0.2, -0.15) is 13.8 Å². The molecule has 0 unspecified atom stereocenters. The Kier molecular flexibility index (Phi) is 3.76. The molecular weight excluding hydrogens is 310 g/mol. The molecule has 1 N–H and O–H groups in total. The maximum atomic E-state index is 13.3. The number of anilines is 1. The van der Waals surface area contributed by atoms with Gasteiger partial charge >= 0.3 is 5.82 Å². The third-order valence-electron chi connectivity index (χ3n) is 2.28. The van der Waals surface area contributed by atoms with E-state index < -0.39 is 43.2 Å². The maximum Gasteiger partial charge on any atom is 0.363 e. The van der Waals surface area contributed by atoms with Crippen LogP contribution in [0.1, 0.15) is 0 Å². The summed E-state index contributed by atoms with van der Waals surface area (Å²) in [5, 5.41) is 10.4. The Balaban J connectivity index is 2.31. The van der Waals surface area contributed by atoms with Gasteiger partial charge in [-0.3, -0.25) is 4.72 Å². The molecule has 0 aliphatic rings. The van der Waals surface area contributed by atoms with Crippen LogP contribution in [-0.2, 0) is 10.0 Å². The molecule has 2 heterocycles. The van der Waals surface area contributed by atoms with Crippen LogP contribution in [0.2, 0.25) is 0 Å². The normalized spacial score (nSPS) is 11.1. The zero-order chi connectivity index (χ0) is 15.6. The number of hydrogen-bond donors (Lipinski definition) is 1. The van der Waals surface area contributed by atoms with E-state index in [1.54, 1.807) is 0 Å². The van der Waals surface area contributed by atoms with E-state index in [0.29, 0.717) is 0 Å². The number of aromatic nitrogens is 2. The molecule has 0 fully saturated rings. The molecule has 0 saturated carbocycles. The number of halogens is 2. The summed E-state index contributed by atoms with van der Waals surface area (Å²) in [4.78, 5) is 15.4. The van der Waals surface area contributed by atoms with Crippen molar-refractivity contribution < 1.29 is 22.1 Å². The molecule has 8 nitrogen and oxygen atoms in total. The molecule has 0 spiro atoms. The predicted molar refractivity (Wildman–Crippen MR) is 65.9 cm³/mol. The number of pyridine rings is 2. The topological polar surface area (TPSA) is 115 Å². The highest BCUT2D eigenvalue weighted by Crippen LogP contribution is 2.19. The van der Waals surface area contributed by atoms with E-state index >= 15 is 0 Å². The van der Waals surface area contributed by atoms with Crippen molar-refractivity contribution in [2.45, 2.75) is 4.90 Å². The van der Waals surface area contributed by atoms with E-state index in [1.165, 1.54) is 0 Å². The number of rotatable bonds is 4. The predicted octanol–water partition coefficient (Wildman–Crippen LogP) is 1.46. The van der Waals surface area contributed by atoms with Crippen LogP contribution in [-0.4, -0.2) is 23.3 Å². The van der Waals surface area contributed by atoms with Gasteiger partial charge in [-0.05, 0) is 28.1 Å². The SMILES string of the molecule is O=[N+]([O-])c1ccc(S(=O)(=O)Nc2ccc(F)nc2F)cn1. The van der Waals surface area contributed by atoms with Gasteiger partial charge in [0, 0.05) is 6.07 Å². The second-order valence-electron chi connectivity index (χ2n) is 3.69. The van der Waals surface area contributed by atoms with Crippen molar-refractivity contribution in [2.75, 3.05) is 4.72 Å². The second kappa shape index (κ2) is 5.36. The van der Waals surface area contributed by atoms with Crippen LogP contribution in [0, 0.1) is 22.0 Å². The molecular formula is C10H6F2N4O4S. The first-order valence-corrected chi connectivity index (χ1v) is 6.73. The molecule has 0 amide bonds. The number of nitrogens with zero attached hydrogens (tertiary/aromatic N) is 3. The van der Waals surface area contributed by atoms with Crippen LogP contribution in [0.25, 0.3) is 0 Å². The minimum Gasteiger partial charge on any atom is -0.358 e. The maximum absolute atomic E-state index is 13.3.